The van der Waals surface area contributed by atoms with Crippen LogP contribution < -0.4 is 0 Å². The fourth-order valence-electron chi connectivity index (χ4n) is 9.14. The molecule has 5 atom stereocenters. The Morgan fingerprint density at radius 3 is 2.03 bits per heavy atom. The van der Waals surface area contributed by atoms with Gasteiger partial charge in [0.25, 0.3) is 5.91 Å². The Balaban J connectivity index is 1.92. The van der Waals surface area contributed by atoms with Crippen molar-refractivity contribution in [3.8, 4) is 0 Å². The summed E-state index contributed by atoms with van der Waals surface area (Å²) in [5.74, 6) is 0.388. The molecule has 3 aliphatic rings. The monoisotopic (exact) mass is 467 g/mol. The van der Waals surface area contributed by atoms with Crippen LogP contribution in [-0.4, -0.2) is 51.3 Å². The summed E-state index contributed by atoms with van der Waals surface area (Å²) in [5.41, 5.74) is 0.976. The first-order valence-electron chi connectivity index (χ1n) is 12.8. The van der Waals surface area contributed by atoms with E-state index in [9.17, 15) is 9.90 Å². The van der Waals surface area contributed by atoms with Crippen molar-refractivity contribution in [3.63, 3.8) is 0 Å². The molecule has 3 rings (SSSR count). The van der Waals surface area contributed by atoms with E-state index < -0.39 is 8.32 Å². The first-order chi connectivity index (χ1) is 14.6. The Morgan fingerprint density at radius 2 is 1.62 bits per heavy atom. The highest BCUT2D eigenvalue weighted by molar-refractivity contribution is 6.77. The predicted molar refractivity (Wildman–Crippen MR) is 131 cm³/mol. The zero-order valence-electron chi connectivity index (χ0n) is 22.5. The number of rotatable bonds is 8. The van der Waals surface area contributed by atoms with Gasteiger partial charge in [0.1, 0.15) is 0 Å². The summed E-state index contributed by atoms with van der Waals surface area (Å²) in [6, 6.07) is 0. The van der Waals surface area contributed by atoms with Crippen LogP contribution in [0.25, 0.3) is 0 Å². The molecule has 5 nitrogen and oxygen atoms in total. The molecule has 32 heavy (non-hydrogen) atoms. The van der Waals surface area contributed by atoms with Gasteiger partial charge >= 0.3 is 0 Å². The van der Waals surface area contributed by atoms with Crippen molar-refractivity contribution in [2.24, 2.45) is 27.6 Å². The average Bonchev–Trinajstić information content (AvgIpc) is 2.69. The van der Waals surface area contributed by atoms with E-state index >= 15 is 0 Å². The second kappa shape index (κ2) is 8.06. The van der Waals surface area contributed by atoms with Gasteiger partial charge in [-0.05, 0) is 59.1 Å². The lowest BCUT2D eigenvalue weighted by Crippen LogP contribution is -2.82. The summed E-state index contributed by atoms with van der Waals surface area (Å²) in [5, 5.41) is 12.3. The molecular formula is C26H49NO4Si. The maximum Gasteiger partial charge on any atom is 0.252 e. The molecule has 1 spiro atoms. The summed E-state index contributed by atoms with van der Waals surface area (Å²) in [4.78, 5) is 18.3. The molecule has 1 amide bonds. The molecule has 3 fully saturated rings. The van der Waals surface area contributed by atoms with Gasteiger partial charge in [0.15, 0.2) is 0 Å². The van der Waals surface area contributed by atoms with Crippen molar-refractivity contribution in [3.05, 3.63) is 0 Å². The SMILES string of the molecule is CON(C)C(=O)[C@@]1(C)CC23CCC(O[Si](C(C)C)(C(C)C)C(C)C)C(C)(C)[C@]2(CO)C[C@H]31. The maximum atomic E-state index is 13.1. The molecule has 186 valence electrons. The van der Waals surface area contributed by atoms with Gasteiger partial charge in [-0.3, -0.25) is 9.63 Å². The number of hydrogen-bond acceptors (Lipinski definition) is 4. The van der Waals surface area contributed by atoms with E-state index in [4.69, 9.17) is 9.26 Å². The zero-order chi connectivity index (χ0) is 24.5. The van der Waals surface area contributed by atoms with Crippen molar-refractivity contribution in [1.29, 1.82) is 0 Å². The Bertz CT molecular complexity index is 716. The van der Waals surface area contributed by atoms with Crippen LogP contribution in [-0.2, 0) is 14.1 Å². The normalized spacial score (nSPS) is 38.2. The first-order valence-corrected chi connectivity index (χ1v) is 14.9. The molecular weight excluding hydrogens is 418 g/mol. The van der Waals surface area contributed by atoms with Gasteiger partial charge in [-0.15, -0.1) is 0 Å². The molecule has 0 bridgehead atoms. The van der Waals surface area contributed by atoms with Crippen LogP contribution in [0.3, 0.4) is 0 Å². The number of amides is 1. The van der Waals surface area contributed by atoms with Gasteiger partial charge in [-0.2, -0.15) is 0 Å². The average molecular weight is 468 g/mol. The molecule has 0 aromatic carbocycles. The van der Waals surface area contributed by atoms with Gasteiger partial charge < -0.3 is 9.53 Å². The van der Waals surface area contributed by atoms with Gasteiger partial charge in [-0.25, -0.2) is 5.06 Å². The second-order valence-electron chi connectivity index (χ2n) is 12.9. The number of carbonyl (C=O) groups excluding carboxylic acids is 1. The molecule has 0 aliphatic heterocycles. The van der Waals surface area contributed by atoms with E-state index in [1.807, 2.05) is 0 Å². The third-order valence-electron chi connectivity index (χ3n) is 10.9. The highest BCUT2D eigenvalue weighted by atomic mass is 28.4. The summed E-state index contributed by atoms with van der Waals surface area (Å²) < 4.78 is 7.35. The lowest BCUT2D eigenvalue weighted by molar-refractivity contribution is -0.367. The van der Waals surface area contributed by atoms with Crippen molar-refractivity contribution >= 4 is 14.2 Å². The highest BCUT2D eigenvalue weighted by Gasteiger charge is 2.83. The zero-order valence-corrected chi connectivity index (χ0v) is 23.5. The molecule has 1 N–H and O–H groups in total. The lowest BCUT2D eigenvalue weighted by atomic mass is 9.21. The molecule has 0 saturated heterocycles. The molecule has 3 saturated carbocycles. The minimum absolute atomic E-state index is 0.0435. The number of aliphatic hydroxyl groups is 1. The van der Waals surface area contributed by atoms with Gasteiger partial charge in [0, 0.05) is 19.1 Å². The van der Waals surface area contributed by atoms with Crippen LogP contribution in [0, 0.1) is 27.6 Å². The van der Waals surface area contributed by atoms with Crippen LogP contribution in [0.2, 0.25) is 16.6 Å². The van der Waals surface area contributed by atoms with E-state index in [-0.39, 0.29) is 40.3 Å². The number of aliphatic hydroxyl groups excluding tert-OH is 1. The van der Waals surface area contributed by atoms with Gasteiger partial charge in [-0.1, -0.05) is 62.3 Å². The molecule has 0 heterocycles. The van der Waals surface area contributed by atoms with E-state index in [1.165, 1.54) is 5.06 Å². The van der Waals surface area contributed by atoms with E-state index in [2.05, 4.69) is 62.3 Å². The van der Waals surface area contributed by atoms with Crippen molar-refractivity contribution in [2.75, 3.05) is 20.8 Å². The summed E-state index contributed by atoms with van der Waals surface area (Å²) in [6.45, 7) is 21.0. The number of hydroxylamine groups is 2. The predicted octanol–water partition coefficient (Wildman–Crippen LogP) is 5.78. The van der Waals surface area contributed by atoms with Crippen LogP contribution in [0.4, 0.5) is 0 Å². The molecule has 3 aliphatic carbocycles. The number of nitrogens with zero attached hydrogens (tertiary/aromatic N) is 1. The standard InChI is InChI=1S/C26H49NO4Si/c1-17(2)32(18(3)4,19(5)6)31-21-12-13-25-15-24(9,22(29)27(10)30-11)20(25)14-26(25,16-28)23(21,7)8/h17-21,28H,12-16H2,1-11H3/t20-,21?,24-,25?,26+/m0/s1. The maximum absolute atomic E-state index is 13.1. The van der Waals surface area contributed by atoms with Crippen molar-refractivity contribution < 1.29 is 19.2 Å². The number of hydrogen-bond donors (Lipinski definition) is 1. The van der Waals surface area contributed by atoms with E-state index in [1.54, 1.807) is 14.2 Å². The van der Waals surface area contributed by atoms with Crippen LogP contribution in [0.1, 0.15) is 88.0 Å². The van der Waals surface area contributed by atoms with Crippen molar-refractivity contribution in [2.45, 2.75) is 111 Å². The summed E-state index contributed by atoms with van der Waals surface area (Å²) in [6.07, 6.45) is 3.97. The molecule has 2 unspecified atom stereocenters. The van der Waals surface area contributed by atoms with E-state index in [0.717, 1.165) is 25.7 Å². The smallest absolute Gasteiger partial charge is 0.252 e. The number of carbonyl (C=O) groups is 1. The minimum atomic E-state index is -2.03. The third kappa shape index (κ3) is 2.94. The van der Waals surface area contributed by atoms with Crippen LogP contribution in [0.5, 0.6) is 0 Å². The lowest BCUT2D eigenvalue weighted by Gasteiger charge is -2.83. The molecule has 0 aromatic rings. The largest absolute Gasteiger partial charge is 0.413 e. The summed E-state index contributed by atoms with van der Waals surface area (Å²) in [7, 11) is 1.23. The Labute approximate surface area is 197 Å². The van der Waals surface area contributed by atoms with E-state index in [0.29, 0.717) is 22.5 Å². The Kier molecular flexibility index (Phi) is 6.60. The Morgan fingerprint density at radius 1 is 1.09 bits per heavy atom. The topological polar surface area (TPSA) is 59.0 Å². The Hall–Kier alpha value is -0.433. The molecule has 0 aromatic heterocycles. The fraction of sp³-hybridized carbons (Fsp3) is 0.962. The van der Waals surface area contributed by atoms with Crippen LogP contribution in [0.15, 0.2) is 0 Å². The van der Waals surface area contributed by atoms with Crippen LogP contribution >= 0.6 is 0 Å². The second-order valence-corrected chi connectivity index (χ2v) is 18.3. The first kappa shape index (κ1) is 26.2. The highest BCUT2D eigenvalue weighted by Crippen LogP contribution is 2.85. The fourth-order valence-corrected chi connectivity index (χ4v) is 14.9. The molecule has 0 radical (unpaired) electrons. The third-order valence-corrected chi connectivity index (χ3v) is 17.0. The van der Waals surface area contributed by atoms with Gasteiger partial charge in [0.05, 0.1) is 18.6 Å². The summed E-state index contributed by atoms with van der Waals surface area (Å²) >= 11 is 0. The van der Waals surface area contributed by atoms with Crippen molar-refractivity contribution in [1.82, 2.24) is 5.06 Å². The van der Waals surface area contributed by atoms with Gasteiger partial charge in [0.2, 0.25) is 8.32 Å². The quantitative estimate of drug-likeness (QED) is 0.363. The minimum Gasteiger partial charge on any atom is -0.413 e. The molecule has 6 heteroatoms.